The fourth-order valence-corrected chi connectivity index (χ4v) is 2.78. The van der Waals surface area contributed by atoms with Gasteiger partial charge in [0.2, 0.25) is 0 Å². The Morgan fingerprint density at radius 2 is 1.68 bits per heavy atom. The minimum Gasteiger partial charge on any atom is -0.497 e. The summed E-state index contributed by atoms with van der Waals surface area (Å²) in [5, 5.41) is 4.00. The quantitative estimate of drug-likeness (QED) is 0.440. The lowest BCUT2D eigenvalue weighted by Gasteiger charge is -2.12. The van der Waals surface area contributed by atoms with E-state index in [0.717, 1.165) is 11.3 Å². The Morgan fingerprint density at radius 1 is 0.935 bits per heavy atom. The molecule has 2 aromatic carbocycles. The minimum absolute atomic E-state index is 0.126. The first-order valence-corrected chi connectivity index (χ1v) is 9.19. The van der Waals surface area contributed by atoms with Crippen molar-refractivity contribution in [1.29, 1.82) is 0 Å². The summed E-state index contributed by atoms with van der Waals surface area (Å²) in [5.41, 5.74) is 4.49. The fourth-order valence-electron chi connectivity index (χ4n) is 2.78. The van der Waals surface area contributed by atoms with E-state index in [9.17, 15) is 4.79 Å². The van der Waals surface area contributed by atoms with Crippen LogP contribution >= 0.6 is 0 Å². The van der Waals surface area contributed by atoms with Gasteiger partial charge in [-0.3, -0.25) is 9.78 Å². The molecular weight excluding hydrogens is 400 g/mol. The molecule has 0 spiro atoms. The summed E-state index contributed by atoms with van der Waals surface area (Å²) >= 11 is 0. The molecule has 9 heteroatoms. The van der Waals surface area contributed by atoms with Crippen LogP contribution in [0.3, 0.4) is 0 Å². The van der Waals surface area contributed by atoms with Gasteiger partial charge in [0, 0.05) is 17.2 Å². The molecule has 0 atom stereocenters. The monoisotopic (exact) mass is 422 g/mol. The molecule has 0 saturated carbocycles. The van der Waals surface area contributed by atoms with E-state index in [1.54, 1.807) is 32.5 Å². The summed E-state index contributed by atoms with van der Waals surface area (Å²) < 4.78 is 21.1. The van der Waals surface area contributed by atoms with Crippen LogP contribution in [0.5, 0.6) is 23.0 Å². The number of aromatic nitrogens is 2. The molecule has 0 aliphatic heterocycles. The maximum atomic E-state index is 12.5. The van der Waals surface area contributed by atoms with Crippen molar-refractivity contribution < 1.29 is 23.7 Å². The average molecular weight is 422 g/mol. The van der Waals surface area contributed by atoms with Crippen LogP contribution in [0.4, 0.5) is 0 Å². The van der Waals surface area contributed by atoms with E-state index in [2.05, 4.69) is 20.5 Å². The predicted molar refractivity (Wildman–Crippen MR) is 115 cm³/mol. The first-order chi connectivity index (χ1) is 15.1. The molecule has 1 aromatic heterocycles. The number of hydrogen-bond donors (Lipinski definition) is 1. The zero-order chi connectivity index (χ0) is 22.2. The largest absolute Gasteiger partial charge is 0.497 e. The Bertz CT molecular complexity index is 1080. The summed E-state index contributed by atoms with van der Waals surface area (Å²) in [7, 11) is 6.17. The average Bonchev–Trinajstić information content (AvgIpc) is 2.83. The van der Waals surface area contributed by atoms with Crippen molar-refractivity contribution in [1.82, 2.24) is 15.4 Å². The highest BCUT2D eigenvalue weighted by molar-refractivity contribution is 5.94. The molecule has 0 bridgehead atoms. The number of hydrogen-bond acceptors (Lipinski definition) is 8. The van der Waals surface area contributed by atoms with E-state index in [1.807, 2.05) is 24.3 Å². The highest BCUT2D eigenvalue weighted by atomic mass is 16.5. The highest BCUT2D eigenvalue weighted by Gasteiger charge is 2.13. The van der Waals surface area contributed by atoms with Crippen LogP contribution in [0.25, 0.3) is 11.3 Å². The molecular formula is C22H22N4O5. The van der Waals surface area contributed by atoms with Gasteiger partial charge in [0.1, 0.15) is 17.2 Å². The van der Waals surface area contributed by atoms with Gasteiger partial charge in [0.05, 0.1) is 52.7 Å². The molecule has 0 radical (unpaired) electrons. The van der Waals surface area contributed by atoms with Crippen LogP contribution in [-0.4, -0.2) is 50.5 Å². The third kappa shape index (κ3) is 5.08. The zero-order valence-electron chi connectivity index (χ0n) is 17.6. The third-order valence-corrected chi connectivity index (χ3v) is 4.34. The summed E-state index contributed by atoms with van der Waals surface area (Å²) in [6.07, 6.45) is 4.38. The van der Waals surface area contributed by atoms with Gasteiger partial charge in [-0.25, -0.2) is 10.4 Å². The van der Waals surface area contributed by atoms with Crippen LogP contribution in [0.1, 0.15) is 16.1 Å². The lowest BCUT2D eigenvalue weighted by Crippen LogP contribution is -2.19. The summed E-state index contributed by atoms with van der Waals surface area (Å²) in [6.45, 7) is 0. The minimum atomic E-state index is -0.507. The SMILES string of the molecule is COc1ccc(-c2cncc(C(=O)N/N=C/c3cc(OC)cc(OC)c3OC)n2)cc1. The van der Waals surface area contributed by atoms with E-state index in [0.29, 0.717) is 28.5 Å². The number of hydrazone groups is 1. The molecule has 0 fully saturated rings. The van der Waals surface area contributed by atoms with E-state index in [-0.39, 0.29) is 5.69 Å². The second-order valence-electron chi connectivity index (χ2n) is 6.17. The molecule has 0 aliphatic carbocycles. The van der Waals surface area contributed by atoms with Crippen molar-refractivity contribution in [2.75, 3.05) is 28.4 Å². The van der Waals surface area contributed by atoms with Gasteiger partial charge in [-0.1, -0.05) is 0 Å². The molecule has 9 nitrogen and oxygen atoms in total. The number of methoxy groups -OCH3 is 4. The molecule has 31 heavy (non-hydrogen) atoms. The van der Waals surface area contributed by atoms with Crippen LogP contribution in [0, 0.1) is 0 Å². The van der Waals surface area contributed by atoms with Crippen molar-refractivity contribution in [3.63, 3.8) is 0 Å². The topological polar surface area (TPSA) is 104 Å². The van der Waals surface area contributed by atoms with E-state index in [1.165, 1.54) is 26.6 Å². The number of nitrogens with one attached hydrogen (secondary N) is 1. The first kappa shape index (κ1) is 21.6. The third-order valence-electron chi connectivity index (χ3n) is 4.34. The van der Waals surface area contributed by atoms with Crippen LogP contribution < -0.4 is 24.4 Å². The number of carbonyl (C=O) groups excluding carboxylic acids is 1. The van der Waals surface area contributed by atoms with Crippen molar-refractivity contribution in [2.45, 2.75) is 0 Å². The number of rotatable bonds is 8. The van der Waals surface area contributed by atoms with Crippen molar-refractivity contribution >= 4 is 12.1 Å². The molecule has 1 amide bonds. The number of carbonyl (C=O) groups is 1. The molecule has 0 saturated heterocycles. The first-order valence-electron chi connectivity index (χ1n) is 9.19. The standard InChI is InChI=1S/C22H22N4O5/c1-28-16-7-5-14(6-8-16)18-12-23-13-19(25-18)22(27)26-24-11-15-9-17(29-2)10-20(30-3)21(15)31-4/h5-13H,1-4H3,(H,26,27)/b24-11+. The maximum absolute atomic E-state index is 12.5. The number of nitrogens with zero attached hydrogens (tertiary/aromatic N) is 3. The lowest BCUT2D eigenvalue weighted by molar-refractivity contribution is 0.0950. The Balaban J connectivity index is 1.77. The summed E-state index contributed by atoms with van der Waals surface area (Å²) in [4.78, 5) is 21.0. The maximum Gasteiger partial charge on any atom is 0.291 e. The van der Waals surface area contributed by atoms with Gasteiger partial charge in [0.25, 0.3) is 5.91 Å². The van der Waals surface area contributed by atoms with Gasteiger partial charge in [0.15, 0.2) is 11.5 Å². The van der Waals surface area contributed by atoms with E-state index in [4.69, 9.17) is 18.9 Å². The van der Waals surface area contributed by atoms with Crippen LogP contribution in [-0.2, 0) is 0 Å². The number of benzene rings is 2. The smallest absolute Gasteiger partial charge is 0.291 e. The summed E-state index contributed by atoms with van der Waals surface area (Å²) in [6, 6.07) is 10.7. The second kappa shape index (κ2) is 10.1. The predicted octanol–water partition coefficient (Wildman–Crippen LogP) is 2.94. The van der Waals surface area contributed by atoms with E-state index < -0.39 is 5.91 Å². The molecule has 3 aromatic rings. The Hall–Kier alpha value is -4.14. The summed E-state index contributed by atoms with van der Waals surface area (Å²) in [5.74, 6) is 1.72. The molecule has 1 heterocycles. The van der Waals surface area contributed by atoms with Gasteiger partial charge in [-0.2, -0.15) is 5.10 Å². The second-order valence-corrected chi connectivity index (χ2v) is 6.17. The normalized spacial score (nSPS) is 10.6. The molecule has 0 unspecified atom stereocenters. The van der Waals surface area contributed by atoms with Gasteiger partial charge >= 0.3 is 0 Å². The molecule has 0 aliphatic rings. The fraction of sp³-hybridized carbons (Fsp3) is 0.182. The highest BCUT2D eigenvalue weighted by Crippen LogP contribution is 2.34. The van der Waals surface area contributed by atoms with Crippen molar-refractivity contribution in [3.8, 4) is 34.3 Å². The number of amides is 1. The Labute approximate surface area is 179 Å². The van der Waals surface area contributed by atoms with Gasteiger partial charge in [-0.05, 0) is 30.3 Å². The van der Waals surface area contributed by atoms with Crippen LogP contribution in [0.2, 0.25) is 0 Å². The molecule has 160 valence electrons. The van der Waals surface area contributed by atoms with Crippen molar-refractivity contribution in [2.24, 2.45) is 5.10 Å². The van der Waals surface area contributed by atoms with Crippen molar-refractivity contribution in [3.05, 3.63) is 60.0 Å². The molecule has 3 rings (SSSR count). The van der Waals surface area contributed by atoms with Gasteiger partial charge < -0.3 is 18.9 Å². The van der Waals surface area contributed by atoms with Gasteiger partial charge in [-0.15, -0.1) is 0 Å². The Kier molecular flexibility index (Phi) is 7.00. The lowest BCUT2D eigenvalue weighted by atomic mass is 10.1. The zero-order valence-corrected chi connectivity index (χ0v) is 17.6. The van der Waals surface area contributed by atoms with E-state index >= 15 is 0 Å². The number of ether oxygens (including phenoxy) is 4. The molecule has 1 N–H and O–H groups in total. The Morgan fingerprint density at radius 3 is 2.32 bits per heavy atom. The van der Waals surface area contributed by atoms with Crippen LogP contribution in [0.15, 0.2) is 53.9 Å².